The van der Waals surface area contributed by atoms with Crippen molar-refractivity contribution in [2.75, 3.05) is 0 Å². The smallest absolute Gasteiger partial charge is 0.0992 e. The van der Waals surface area contributed by atoms with Crippen LogP contribution in [0.2, 0.25) is 0 Å². The van der Waals surface area contributed by atoms with E-state index in [1.165, 1.54) is 44.5 Å². The Bertz CT molecular complexity index is 6440. The number of rotatable bonds is 7. The Balaban J connectivity index is 1.16. The Morgan fingerprint density at radius 2 is 0.323 bits per heavy atom. The number of benzene rings is 6. The number of nitriles is 4. The van der Waals surface area contributed by atoms with E-state index in [1.54, 1.807) is 12.1 Å². The molecule has 0 amide bonds. The van der Waals surface area contributed by atoms with Crippen LogP contribution < -0.4 is 0 Å². The Labute approximate surface area is 730 Å². The van der Waals surface area contributed by atoms with E-state index in [9.17, 15) is 21.0 Å². The highest BCUT2D eigenvalue weighted by atomic mass is 14.8. The third-order valence-electron chi connectivity index (χ3n) is 24.5. The molecule has 0 atom stereocenters. The summed E-state index contributed by atoms with van der Waals surface area (Å²) < 4.78 is 0. The van der Waals surface area contributed by atoms with Crippen molar-refractivity contribution in [1.29, 1.82) is 21.0 Å². The minimum absolute atomic E-state index is 0.262. The minimum Gasteiger partial charge on any atom is -0.354 e. The third kappa shape index (κ3) is 16.2. The Morgan fingerprint density at radius 3 is 0.468 bits per heavy atom. The van der Waals surface area contributed by atoms with E-state index in [0.29, 0.717) is 78.9 Å². The molecule has 4 N–H and O–H groups in total. The molecule has 12 aromatic rings. The summed E-state index contributed by atoms with van der Waals surface area (Å²) in [6.07, 6.45) is 17.0. The van der Waals surface area contributed by atoms with Crippen molar-refractivity contribution < 1.29 is 0 Å². The summed E-state index contributed by atoms with van der Waals surface area (Å²) >= 11 is 0. The zero-order valence-electron chi connectivity index (χ0n) is 76.2. The number of hydrogen-bond donors (Lipinski definition) is 4. The van der Waals surface area contributed by atoms with Gasteiger partial charge in [0, 0.05) is 88.6 Å². The third-order valence-corrected chi connectivity index (χ3v) is 24.5. The number of nitrogens with zero attached hydrogens (tertiary/aromatic N) is 8. The molecule has 4 aliphatic heterocycles. The summed E-state index contributed by atoms with van der Waals surface area (Å²) in [6, 6.07) is 65.4. The second-order valence-electron chi connectivity index (χ2n) is 42.2. The Hall–Kier alpha value is -13.5. The first kappa shape index (κ1) is 84.1. The molecular weight excluding hydrogens is 1510 g/mol. The van der Waals surface area contributed by atoms with Gasteiger partial charge in [-0.3, -0.25) is 0 Å². The zero-order chi connectivity index (χ0) is 88.8. The maximum atomic E-state index is 10.7. The Morgan fingerprint density at radius 1 is 0.185 bits per heavy atom. The molecule has 0 unspecified atom stereocenters. The first-order valence-electron chi connectivity index (χ1n) is 43.1. The summed E-state index contributed by atoms with van der Waals surface area (Å²) in [5, 5.41) is 42.8. The van der Waals surface area contributed by atoms with Crippen molar-refractivity contribution in [2.45, 2.75) is 209 Å². The molecule has 0 radical (unpaired) electrons. The van der Waals surface area contributed by atoms with Gasteiger partial charge in [0.25, 0.3) is 0 Å². The molecule has 0 saturated heterocycles. The maximum absolute atomic E-state index is 10.7. The van der Waals surface area contributed by atoms with Gasteiger partial charge >= 0.3 is 0 Å². The van der Waals surface area contributed by atoms with E-state index in [-0.39, 0.29) is 43.3 Å². The highest BCUT2D eigenvalue weighted by Gasteiger charge is 2.32. The molecule has 16 rings (SSSR count). The van der Waals surface area contributed by atoms with Crippen LogP contribution in [0.4, 0.5) is 0 Å². The van der Waals surface area contributed by atoms with Gasteiger partial charge in [0.1, 0.15) is 0 Å². The molecule has 12 nitrogen and oxygen atoms in total. The van der Waals surface area contributed by atoms with Gasteiger partial charge in [-0.2, -0.15) is 21.0 Å². The Kier molecular flexibility index (Phi) is 20.5. The van der Waals surface area contributed by atoms with Crippen LogP contribution in [-0.4, -0.2) is 39.9 Å². The number of hydrogen-bond acceptors (Lipinski definition) is 8. The molecule has 0 fully saturated rings. The van der Waals surface area contributed by atoms with E-state index < -0.39 is 0 Å². The number of nitrogens with one attached hydrogen (secondary N) is 4. The van der Waals surface area contributed by atoms with Gasteiger partial charge < -0.3 is 19.9 Å². The van der Waals surface area contributed by atoms with Crippen LogP contribution >= 0.6 is 0 Å². The molecule has 0 spiro atoms. The van der Waals surface area contributed by atoms with Crippen LogP contribution in [0.15, 0.2) is 158 Å². The summed E-state index contributed by atoms with van der Waals surface area (Å²) in [5.41, 5.74) is 32.0. The van der Waals surface area contributed by atoms with Gasteiger partial charge in [0.2, 0.25) is 0 Å². The van der Waals surface area contributed by atoms with Gasteiger partial charge in [0.15, 0.2) is 0 Å². The fourth-order valence-electron chi connectivity index (χ4n) is 17.1. The van der Waals surface area contributed by atoms with Crippen LogP contribution in [0.5, 0.6) is 0 Å². The van der Waals surface area contributed by atoms with Crippen LogP contribution in [0, 0.1) is 45.3 Å². The van der Waals surface area contributed by atoms with Gasteiger partial charge in [0.05, 0.1) is 92.1 Å². The molecule has 0 aliphatic carbocycles. The van der Waals surface area contributed by atoms with Crippen molar-refractivity contribution in [3.05, 3.63) is 270 Å². The standard InChI is InChI=1S/C112H110N12/c1-105(2,3)73-47-69(48-74(55-73)106(4,5)6)99-85-29-25-81(117-85)97(67-43-63(59-113)41-64(44-67)60-114)82-26-30-86(118-82)100(70-49-75(107(7,8)9)56-76(50-70)108(10,11)12)90-34-38-94(122-90)103(93-37-33-89(99)121-93)104-95-39-35-91(123-95)101(71-51-77(109(13,14)15)57-78(52-71)110(16,17)18)87-31-27-83(119-87)98(68-45-65(61-115)42-66(46-68)62-116)84-28-32-88(120-84)102(92-36-40-96(104)124-92)72-53-79(111(19,20)21)58-80(54-72)112(22,23)24/h25-58,117,119,122,124H,1-24H3. The molecule has 6 aromatic heterocycles. The van der Waals surface area contributed by atoms with E-state index in [0.717, 1.165) is 111 Å². The largest absolute Gasteiger partial charge is 0.354 e. The molecule has 10 heterocycles. The van der Waals surface area contributed by atoms with Gasteiger partial charge in [-0.05, 0) is 255 Å². The lowest BCUT2D eigenvalue weighted by atomic mass is 9.78. The SMILES string of the molecule is CC(C)(C)c1cc(-c2c3nc(c(-c4c5nc(c(-c6cc(C(C)(C)C)cc(C(C)(C)C)c6)c6ccc([nH]6)c(-c6cc(C#N)cc(C#N)c6)c6nc(c(-c7cc(C(C)(C)C)cc(C(C)(C)C)c7)c7ccc4[nH]7)C=C6)C=C5)c4ccc([nH]4)c(-c4cc(C(C)(C)C)cc(C(C)(C)C)c4)c4nc(c(-c5cc(C#N)cc(C#N)c5)c5ccc2[nH]5)C=C4)C=C3)cc(C(C)(C)C)c1. The lowest BCUT2D eigenvalue weighted by Gasteiger charge is -2.26. The number of H-pyrrole nitrogens is 4. The van der Waals surface area contributed by atoms with Gasteiger partial charge in [-0.15, -0.1) is 0 Å². The molecule has 124 heavy (non-hydrogen) atoms. The summed E-state index contributed by atoms with van der Waals surface area (Å²) in [5.74, 6) is 0. The van der Waals surface area contributed by atoms with Crippen molar-refractivity contribution in [2.24, 2.45) is 0 Å². The van der Waals surface area contributed by atoms with Crippen molar-refractivity contribution >= 4 is 92.7 Å². The zero-order valence-corrected chi connectivity index (χ0v) is 76.2. The number of aromatic nitrogens is 8. The van der Waals surface area contributed by atoms with Crippen LogP contribution in [0.25, 0.3) is 171 Å². The predicted molar refractivity (Wildman–Crippen MR) is 518 cm³/mol. The summed E-state index contributed by atoms with van der Waals surface area (Å²) in [4.78, 5) is 40.3. The summed E-state index contributed by atoms with van der Waals surface area (Å²) in [6.45, 7) is 54.4. The minimum atomic E-state index is -0.262. The van der Waals surface area contributed by atoms with Crippen LogP contribution in [-0.2, 0) is 43.3 Å². The molecule has 0 saturated carbocycles. The monoisotopic (exact) mass is 1620 g/mol. The molecule has 618 valence electrons. The van der Waals surface area contributed by atoms with Crippen molar-refractivity contribution in [3.8, 4) is 102 Å². The topological polar surface area (TPSA) is 210 Å². The second-order valence-corrected chi connectivity index (χ2v) is 42.2. The normalized spacial score (nSPS) is 13.2. The summed E-state index contributed by atoms with van der Waals surface area (Å²) in [7, 11) is 0. The van der Waals surface area contributed by atoms with E-state index in [1.807, 2.05) is 24.3 Å². The molecule has 16 bridgehead atoms. The van der Waals surface area contributed by atoms with Crippen molar-refractivity contribution in [3.63, 3.8) is 0 Å². The average Bonchev–Trinajstić information content (AvgIpc) is 1.58. The van der Waals surface area contributed by atoms with Gasteiger partial charge in [-0.1, -0.05) is 239 Å². The van der Waals surface area contributed by atoms with E-state index in [2.05, 4.69) is 380 Å². The fourth-order valence-corrected chi connectivity index (χ4v) is 17.1. The lowest BCUT2D eigenvalue weighted by molar-refractivity contribution is 0.568. The highest BCUT2D eigenvalue weighted by Crippen LogP contribution is 2.48. The predicted octanol–water partition coefficient (Wildman–Crippen LogP) is 29.2. The first-order chi connectivity index (χ1) is 58.2. The molecule has 4 aliphatic rings. The number of fused-ring (bicyclic) bond motifs is 16. The molecule has 6 aromatic carbocycles. The average molecular weight is 1620 g/mol. The van der Waals surface area contributed by atoms with Gasteiger partial charge in [-0.25, -0.2) is 19.9 Å². The van der Waals surface area contributed by atoms with Crippen LogP contribution in [0.3, 0.4) is 0 Å². The first-order valence-corrected chi connectivity index (χ1v) is 43.1. The van der Waals surface area contributed by atoms with E-state index in [4.69, 9.17) is 19.9 Å². The quantitative estimate of drug-likeness (QED) is 0.120. The molecule has 12 heteroatoms. The second kappa shape index (κ2) is 30.2. The molecular formula is C112H110N12. The fraction of sp³-hybridized carbons (Fsp3) is 0.286. The highest BCUT2D eigenvalue weighted by molar-refractivity contribution is 6.07. The van der Waals surface area contributed by atoms with Crippen LogP contribution in [0.1, 0.15) is 278 Å². The maximum Gasteiger partial charge on any atom is 0.0992 e. The van der Waals surface area contributed by atoms with E-state index >= 15 is 0 Å². The van der Waals surface area contributed by atoms with Crippen molar-refractivity contribution in [1.82, 2.24) is 39.9 Å². The number of aromatic amines is 4. The lowest BCUT2D eigenvalue weighted by Crippen LogP contribution is -2.16.